The van der Waals surface area contributed by atoms with Crippen LogP contribution in [0.5, 0.6) is 0 Å². The Bertz CT molecular complexity index is 243. The zero-order valence-corrected chi connectivity index (χ0v) is 8.50. The lowest BCUT2D eigenvalue weighted by Gasteiger charge is -2.04. The van der Waals surface area contributed by atoms with Gasteiger partial charge in [-0.2, -0.15) is 0 Å². The van der Waals surface area contributed by atoms with Crippen LogP contribution in [0.25, 0.3) is 0 Å². The van der Waals surface area contributed by atoms with Gasteiger partial charge < -0.3 is 16.8 Å². The molecule has 0 saturated carbocycles. The smallest absolute Gasteiger partial charge is 0.0314 e. The number of nitrogens with one attached hydrogen (secondary N) is 1. The van der Waals surface area contributed by atoms with Crippen LogP contribution in [-0.4, -0.2) is 19.6 Å². The van der Waals surface area contributed by atoms with Crippen molar-refractivity contribution in [1.29, 1.82) is 0 Å². The Balaban J connectivity index is 2.15. The predicted octanol–water partition coefficient (Wildman–Crippen LogP) is 0.750. The summed E-state index contributed by atoms with van der Waals surface area (Å²) >= 11 is 0. The second kappa shape index (κ2) is 6.40. The highest BCUT2D eigenvalue weighted by Crippen LogP contribution is 2.05. The quantitative estimate of drug-likeness (QED) is 0.461. The van der Waals surface area contributed by atoms with E-state index < -0.39 is 0 Å². The van der Waals surface area contributed by atoms with E-state index in [9.17, 15) is 0 Å². The summed E-state index contributed by atoms with van der Waals surface area (Å²) in [7, 11) is 0. The monoisotopic (exact) mass is 193 g/mol. The van der Waals surface area contributed by atoms with Crippen LogP contribution >= 0.6 is 0 Å². The molecule has 1 aromatic rings. The third-order valence-corrected chi connectivity index (χ3v) is 2.13. The second-order valence-electron chi connectivity index (χ2n) is 3.38. The highest BCUT2D eigenvalue weighted by atomic mass is 14.8. The number of nitrogen functional groups attached to an aromatic ring is 1. The molecule has 0 spiro atoms. The molecule has 0 fully saturated rings. The molecule has 0 heterocycles. The summed E-state index contributed by atoms with van der Waals surface area (Å²) in [5.41, 5.74) is 13.1. The first-order valence-corrected chi connectivity index (χ1v) is 5.08. The van der Waals surface area contributed by atoms with Gasteiger partial charge in [0.05, 0.1) is 0 Å². The van der Waals surface area contributed by atoms with E-state index in [1.165, 1.54) is 5.56 Å². The van der Waals surface area contributed by atoms with Crippen molar-refractivity contribution in [2.75, 3.05) is 25.4 Å². The highest BCUT2D eigenvalue weighted by molar-refractivity contribution is 5.39. The fourth-order valence-corrected chi connectivity index (χ4v) is 1.27. The number of benzene rings is 1. The van der Waals surface area contributed by atoms with Gasteiger partial charge in [-0.25, -0.2) is 0 Å². The van der Waals surface area contributed by atoms with Crippen molar-refractivity contribution in [2.45, 2.75) is 12.8 Å². The van der Waals surface area contributed by atoms with E-state index >= 15 is 0 Å². The van der Waals surface area contributed by atoms with Crippen LogP contribution in [0.2, 0.25) is 0 Å². The van der Waals surface area contributed by atoms with Gasteiger partial charge in [0.2, 0.25) is 0 Å². The van der Waals surface area contributed by atoms with Gasteiger partial charge in [0.25, 0.3) is 0 Å². The molecular formula is C11H19N3. The Morgan fingerprint density at radius 1 is 1.07 bits per heavy atom. The normalized spacial score (nSPS) is 10.4. The Morgan fingerprint density at radius 3 is 2.43 bits per heavy atom. The zero-order chi connectivity index (χ0) is 10.2. The molecule has 0 amide bonds. The fraction of sp³-hybridized carbons (Fsp3) is 0.455. The number of hydrogen-bond acceptors (Lipinski definition) is 3. The average Bonchev–Trinajstić information content (AvgIpc) is 2.21. The van der Waals surface area contributed by atoms with Gasteiger partial charge >= 0.3 is 0 Å². The van der Waals surface area contributed by atoms with E-state index in [1.54, 1.807) is 0 Å². The molecule has 5 N–H and O–H groups in total. The van der Waals surface area contributed by atoms with Gasteiger partial charge in [-0.1, -0.05) is 12.1 Å². The van der Waals surface area contributed by atoms with Gasteiger partial charge in [-0.15, -0.1) is 0 Å². The summed E-state index contributed by atoms with van der Waals surface area (Å²) in [5.74, 6) is 0. The molecule has 0 saturated heterocycles. The van der Waals surface area contributed by atoms with E-state index in [4.69, 9.17) is 11.5 Å². The minimum atomic E-state index is 0.759. The Morgan fingerprint density at radius 2 is 1.79 bits per heavy atom. The fourth-order valence-electron chi connectivity index (χ4n) is 1.27. The van der Waals surface area contributed by atoms with Crippen LogP contribution in [0.1, 0.15) is 12.0 Å². The zero-order valence-electron chi connectivity index (χ0n) is 8.50. The lowest BCUT2D eigenvalue weighted by Crippen LogP contribution is -2.20. The van der Waals surface area contributed by atoms with Gasteiger partial charge in [-0.05, 0) is 50.2 Å². The number of anilines is 1. The lowest BCUT2D eigenvalue weighted by atomic mass is 10.1. The first-order valence-electron chi connectivity index (χ1n) is 5.08. The average molecular weight is 193 g/mol. The van der Waals surface area contributed by atoms with Gasteiger partial charge in [-0.3, -0.25) is 0 Å². The molecule has 0 radical (unpaired) electrons. The summed E-state index contributed by atoms with van der Waals surface area (Å²) in [4.78, 5) is 0. The first kappa shape index (κ1) is 11.0. The molecule has 0 unspecified atom stereocenters. The Kier molecular flexibility index (Phi) is 5.04. The van der Waals surface area contributed by atoms with Crippen molar-refractivity contribution in [1.82, 2.24) is 5.32 Å². The SMILES string of the molecule is NCCCNCCc1ccc(N)cc1. The number of nitrogens with two attached hydrogens (primary N) is 2. The minimum Gasteiger partial charge on any atom is -0.399 e. The maximum Gasteiger partial charge on any atom is 0.0314 e. The van der Waals surface area contributed by atoms with Crippen molar-refractivity contribution in [3.05, 3.63) is 29.8 Å². The van der Waals surface area contributed by atoms with Crippen LogP contribution < -0.4 is 16.8 Å². The number of rotatable bonds is 6. The minimum absolute atomic E-state index is 0.759. The molecule has 0 aromatic heterocycles. The molecule has 0 atom stereocenters. The van der Waals surface area contributed by atoms with Crippen LogP contribution in [0.3, 0.4) is 0 Å². The molecule has 0 aliphatic carbocycles. The molecule has 14 heavy (non-hydrogen) atoms. The van der Waals surface area contributed by atoms with Crippen LogP contribution in [0.4, 0.5) is 5.69 Å². The second-order valence-corrected chi connectivity index (χ2v) is 3.38. The Labute approximate surface area is 85.5 Å². The van der Waals surface area contributed by atoms with E-state index in [-0.39, 0.29) is 0 Å². The lowest BCUT2D eigenvalue weighted by molar-refractivity contribution is 0.653. The van der Waals surface area contributed by atoms with Crippen molar-refractivity contribution in [3.8, 4) is 0 Å². The maximum atomic E-state index is 5.59. The molecule has 1 rings (SSSR count). The van der Waals surface area contributed by atoms with Crippen molar-refractivity contribution in [3.63, 3.8) is 0 Å². The molecule has 3 nitrogen and oxygen atoms in total. The van der Waals surface area contributed by atoms with E-state index in [2.05, 4.69) is 17.4 Å². The van der Waals surface area contributed by atoms with Crippen LogP contribution in [0, 0.1) is 0 Å². The first-order chi connectivity index (χ1) is 6.83. The summed E-state index contributed by atoms with van der Waals surface area (Å²) in [6.45, 7) is 2.77. The van der Waals surface area contributed by atoms with Gasteiger partial charge in [0.15, 0.2) is 0 Å². The predicted molar refractivity (Wildman–Crippen MR) is 61.1 cm³/mol. The summed E-state index contributed by atoms with van der Waals surface area (Å²) < 4.78 is 0. The molecule has 3 heteroatoms. The Hall–Kier alpha value is -1.06. The molecular weight excluding hydrogens is 174 g/mol. The standard InChI is InChI=1S/C11H19N3/c12-7-1-8-14-9-6-10-2-4-11(13)5-3-10/h2-5,14H,1,6-9,12-13H2. The van der Waals surface area contributed by atoms with Crippen LogP contribution in [-0.2, 0) is 6.42 Å². The van der Waals surface area contributed by atoms with Gasteiger partial charge in [0.1, 0.15) is 0 Å². The van der Waals surface area contributed by atoms with E-state index in [0.29, 0.717) is 0 Å². The van der Waals surface area contributed by atoms with Crippen molar-refractivity contribution >= 4 is 5.69 Å². The summed E-state index contributed by atoms with van der Waals surface area (Å²) in [6, 6.07) is 8.02. The van der Waals surface area contributed by atoms with Crippen molar-refractivity contribution in [2.24, 2.45) is 5.73 Å². The highest BCUT2D eigenvalue weighted by Gasteiger charge is 1.92. The summed E-state index contributed by atoms with van der Waals surface area (Å²) in [5, 5.41) is 3.34. The van der Waals surface area contributed by atoms with E-state index in [0.717, 1.165) is 38.2 Å². The topological polar surface area (TPSA) is 64.1 Å². The number of hydrogen-bond donors (Lipinski definition) is 3. The largest absolute Gasteiger partial charge is 0.399 e. The molecule has 0 aliphatic heterocycles. The van der Waals surface area contributed by atoms with E-state index in [1.807, 2.05) is 12.1 Å². The van der Waals surface area contributed by atoms with Crippen molar-refractivity contribution < 1.29 is 0 Å². The molecule has 0 bridgehead atoms. The third-order valence-electron chi connectivity index (χ3n) is 2.13. The summed E-state index contributed by atoms with van der Waals surface area (Å²) in [6.07, 6.45) is 2.09. The van der Waals surface area contributed by atoms with Gasteiger partial charge in [0, 0.05) is 5.69 Å². The molecule has 1 aromatic carbocycles. The molecule has 78 valence electrons. The third kappa shape index (κ3) is 4.25. The molecule has 0 aliphatic rings. The maximum absolute atomic E-state index is 5.59. The van der Waals surface area contributed by atoms with Crippen LogP contribution in [0.15, 0.2) is 24.3 Å².